The van der Waals surface area contributed by atoms with Crippen LogP contribution < -0.4 is 5.32 Å². The zero-order valence-corrected chi connectivity index (χ0v) is 9.02. The van der Waals surface area contributed by atoms with Gasteiger partial charge in [0.1, 0.15) is 0 Å². The van der Waals surface area contributed by atoms with Crippen molar-refractivity contribution in [3.05, 3.63) is 24.2 Å². The van der Waals surface area contributed by atoms with Crippen molar-refractivity contribution in [2.45, 2.75) is 31.4 Å². The second-order valence-corrected chi connectivity index (χ2v) is 4.52. The maximum absolute atomic E-state index is 11.8. The Bertz CT molecular complexity index is 370. The Kier molecular flexibility index (Phi) is 2.44. The number of furan rings is 1. The van der Waals surface area contributed by atoms with Crippen molar-refractivity contribution in [3.63, 3.8) is 0 Å². The molecule has 1 saturated carbocycles. The van der Waals surface area contributed by atoms with E-state index >= 15 is 0 Å². The fraction of sp³-hybridized carbons (Fsp3) is 0.583. The lowest BCUT2D eigenvalue weighted by atomic mass is 10.1. The van der Waals surface area contributed by atoms with Gasteiger partial charge in [0, 0.05) is 6.61 Å². The molecule has 1 amide bonds. The molecular formula is C12H15NO3. The summed E-state index contributed by atoms with van der Waals surface area (Å²) in [6.07, 6.45) is 5.11. The first kappa shape index (κ1) is 9.90. The molecule has 0 bridgehead atoms. The molecule has 2 atom stereocenters. The normalized spacial score (nSPS) is 29.2. The second kappa shape index (κ2) is 3.94. The van der Waals surface area contributed by atoms with Crippen LogP contribution in [0.1, 0.15) is 29.8 Å². The van der Waals surface area contributed by atoms with Crippen LogP contribution in [0.5, 0.6) is 0 Å². The topological polar surface area (TPSA) is 51.5 Å². The number of carbonyl (C=O) groups excluding carboxylic acids is 1. The molecule has 86 valence electrons. The SMILES string of the molecule is O=C(NC1CCOC1C1CC1)c1ccco1. The van der Waals surface area contributed by atoms with Crippen molar-refractivity contribution in [1.82, 2.24) is 5.32 Å². The molecule has 1 aliphatic carbocycles. The van der Waals surface area contributed by atoms with Crippen LogP contribution in [-0.4, -0.2) is 24.7 Å². The molecule has 0 spiro atoms. The molecule has 1 N–H and O–H groups in total. The quantitative estimate of drug-likeness (QED) is 0.843. The van der Waals surface area contributed by atoms with Crippen molar-refractivity contribution in [1.29, 1.82) is 0 Å². The summed E-state index contributed by atoms with van der Waals surface area (Å²) in [4.78, 5) is 11.8. The summed E-state index contributed by atoms with van der Waals surface area (Å²) in [6, 6.07) is 3.56. The Hall–Kier alpha value is -1.29. The first-order valence-corrected chi connectivity index (χ1v) is 5.80. The van der Waals surface area contributed by atoms with Crippen LogP contribution in [0.3, 0.4) is 0 Å². The highest BCUT2D eigenvalue weighted by atomic mass is 16.5. The van der Waals surface area contributed by atoms with Gasteiger partial charge in [-0.25, -0.2) is 0 Å². The average Bonchev–Trinajstić information content (AvgIpc) is 2.83. The predicted molar refractivity (Wildman–Crippen MR) is 57.0 cm³/mol. The van der Waals surface area contributed by atoms with Crippen molar-refractivity contribution >= 4 is 5.91 Å². The number of hydrogen-bond acceptors (Lipinski definition) is 3. The second-order valence-electron chi connectivity index (χ2n) is 4.52. The summed E-state index contributed by atoms with van der Waals surface area (Å²) in [6.45, 7) is 0.754. The van der Waals surface area contributed by atoms with Crippen LogP contribution in [0.15, 0.2) is 22.8 Å². The lowest BCUT2D eigenvalue weighted by Gasteiger charge is -2.18. The Morgan fingerprint density at radius 2 is 2.25 bits per heavy atom. The standard InChI is InChI=1S/C12H15NO3/c14-12(10-2-1-6-15-10)13-9-5-7-16-11(9)8-3-4-8/h1-2,6,8-9,11H,3-5,7H2,(H,13,14). The predicted octanol–water partition coefficient (Wildman–Crippen LogP) is 1.58. The van der Waals surface area contributed by atoms with Crippen LogP contribution in [-0.2, 0) is 4.74 Å². The van der Waals surface area contributed by atoms with E-state index in [1.807, 2.05) is 0 Å². The van der Waals surface area contributed by atoms with Crippen LogP contribution >= 0.6 is 0 Å². The van der Waals surface area contributed by atoms with Crippen LogP contribution in [0.25, 0.3) is 0 Å². The number of nitrogens with one attached hydrogen (secondary N) is 1. The van der Waals surface area contributed by atoms with Gasteiger partial charge in [0.2, 0.25) is 0 Å². The van der Waals surface area contributed by atoms with E-state index in [4.69, 9.17) is 9.15 Å². The smallest absolute Gasteiger partial charge is 0.287 e. The van der Waals surface area contributed by atoms with E-state index in [1.165, 1.54) is 19.1 Å². The van der Waals surface area contributed by atoms with E-state index in [2.05, 4.69) is 5.32 Å². The van der Waals surface area contributed by atoms with Crippen molar-refractivity contribution < 1.29 is 13.9 Å². The zero-order chi connectivity index (χ0) is 11.0. The van der Waals surface area contributed by atoms with Gasteiger partial charge >= 0.3 is 0 Å². The van der Waals surface area contributed by atoms with Crippen molar-refractivity contribution in [2.24, 2.45) is 5.92 Å². The largest absolute Gasteiger partial charge is 0.459 e. The van der Waals surface area contributed by atoms with Crippen molar-refractivity contribution in [2.75, 3.05) is 6.61 Å². The molecule has 1 saturated heterocycles. The highest BCUT2D eigenvalue weighted by molar-refractivity contribution is 5.91. The summed E-state index contributed by atoms with van der Waals surface area (Å²) in [5.41, 5.74) is 0. The Labute approximate surface area is 94.0 Å². The lowest BCUT2D eigenvalue weighted by molar-refractivity contribution is 0.0717. The summed E-state index contributed by atoms with van der Waals surface area (Å²) >= 11 is 0. The molecule has 3 rings (SSSR count). The minimum Gasteiger partial charge on any atom is -0.459 e. The van der Waals surface area contributed by atoms with E-state index in [0.717, 1.165) is 13.0 Å². The minimum absolute atomic E-state index is 0.133. The molecule has 2 heterocycles. The van der Waals surface area contributed by atoms with E-state index in [9.17, 15) is 4.79 Å². The number of hydrogen-bond donors (Lipinski definition) is 1. The molecule has 1 aromatic rings. The molecule has 0 aromatic carbocycles. The molecule has 1 aliphatic heterocycles. The molecule has 1 aromatic heterocycles. The Morgan fingerprint density at radius 1 is 1.38 bits per heavy atom. The maximum Gasteiger partial charge on any atom is 0.287 e. The molecule has 2 aliphatic rings. The van der Waals surface area contributed by atoms with Gasteiger partial charge in [-0.05, 0) is 37.3 Å². The Morgan fingerprint density at radius 3 is 2.94 bits per heavy atom. The van der Waals surface area contributed by atoms with Gasteiger partial charge in [0.15, 0.2) is 5.76 Å². The number of carbonyl (C=O) groups is 1. The van der Waals surface area contributed by atoms with Gasteiger partial charge in [-0.15, -0.1) is 0 Å². The number of amides is 1. The van der Waals surface area contributed by atoms with Crippen molar-refractivity contribution in [3.8, 4) is 0 Å². The first-order chi connectivity index (χ1) is 7.84. The minimum atomic E-state index is -0.133. The van der Waals surface area contributed by atoms with E-state index in [0.29, 0.717) is 11.7 Å². The van der Waals surface area contributed by atoms with Gasteiger partial charge in [0.25, 0.3) is 5.91 Å². The van der Waals surface area contributed by atoms with Crippen LogP contribution in [0.4, 0.5) is 0 Å². The monoisotopic (exact) mass is 221 g/mol. The molecule has 4 heteroatoms. The highest BCUT2D eigenvalue weighted by Gasteiger charge is 2.41. The molecule has 2 fully saturated rings. The van der Waals surface area contributed by atoms with Gasteiger partial charge in [-0.2, -0.15) is 0 Å². The third-order valence-corrected chi connectivity index (χ3v) is 3.28. The fourth-order valence-corrected chi connectivity index (χ4v) is 2.30. The number of ether oxygens (including phenoxy) is 1. The molecule has 2 unspecified atom stereocenters. The summed E-state index contributed by atoms with van der Waals surface area (Å²) in [5.74, 6) is 0.900. The maximum atomic E-state index is 11.8. The Balaban J connectivity index is 1.63. The summed E-state index contributed by atoms with van der Waals surface area (Å²) in [7, 11) is 0. The molecule has 16 heavy (non-hydrogen) atoms. The van der Waals surface area contributed by atoms with Gasteiger partial charge in [-0.1, -0.05) is 0 Å². The van der Waals surface area contributed by atoms with Gasteiger partial charge in [0.05, 0.1) is 18.4 Å². The molecule has 4 nitrogen and oxygen atoms in total. The molecular weight excluding hydrogens is 206 g/mol. The summed E-state index contributed by atoms with van der Waals surface area (Å²) < 4.78 is 10.7. The average molecular weight is 221 g/mol. The van der Waals surface area contributed by atoms with E-state index in [-0.39, 0.29) is 18.1 Å². The van der Waals surface area contributed by atoms with Gasteiger partial charge < -0.3 is 14.5 Å². The van der Waals surface area contributed by atoms with E-state index < -0.39 is 0 Å². The fourth-order valence-electron chi connectivity index (χ4n) is 2.30. The number of rotatable bonds is 3. The molecule has 0 radical (unpaired) electrons. The first-order valence-electron chi connectivity index (χ1n) is 5.80. The third kappa shape index (κ3) is 1.85. The highest BCUT2D eigenvalue weighted by Crippen LogP contribution is 2.38. The zero-order valence-electron chi connectivity index (χ0n) is 9.02. The van der Waals surface area contributed by atoms with Gasteiger partial charge in [-0.3, -0.25) is 4.79 Å². The summed E-state index contributed by atoms with van der Waals surface area (Å²) in [5, 5.41) is 3.00. The van der Waals surface area contributed by atoms with Crippen LogP contribution in [0.2, 0.25) is 0 Å². The third-order valence-electron chi connectivity index (χ3n) is 3.28. The lowest BCUT2D eigenvalue weighted by Crippen LogP contribution is -2.41. The van der Waals surface area contributed by atoms with E-state index in [1.54, 1.807) is 12.1 Å². The van der Waals surface area contributed by atoms with Crippen LogP contribution in [0, 0.1) is 5.92 Å².